The van der Waals surface area contributed by atoms with Gasteiger partial charge in [-0.15, -0.1) is 0 Å². The Labute approximate surface area is 153 Å². The molecule has 3 aromatic rings. The van der Waals surface area contributed by atoms with Crippen molar-refractivity contribution in [3.8, 4) is 0 Å². The second kappa shape index (κ2) is 7.12. The minimum atomic E-state index is -0.282. The number of hydrogen-bond acceptors (Lipinski definition) is 5. The predicted octanol–water partition coefficient (Wildman–Crippen LogP) is 0.846. The van der Waals surface area contributed by atoms with E-state index in [0.717, 1.165) is 0 Å². The highest BCUT2D eigenvalue weighted by molar-refractivity contribution is 5.94. The molecule has 1 saturated heterocycles. The molecule has 9 heteroatoms. The average Bonchev–Trinajstić information content (AvgIpc) is 3.30. The summed E-state index contributed by atoms with van der Waals surface area (Å²) in [6.45, 7) is 2.56. The van der Waals surface area contributed by atoms with Crippen LogP contribution in [0.15, 0.2) is 45.8 Å². The van der Waals surface area contributed by atoms with Crippen molar-refractivity contribution in [2.75, 3.05) is 38.0 Å². The lowest BCUT2D eigenvalue weighted by atomic mass is 10.2. The minimum Gasteiger partial charge on any atom is -0.459 e. The van der Waals surface area contributed by atoms with E-state index in [9.17, 15) is 14.4 Å². The maximum atomic E-state index is 12.3. The topological polar surface area (TPSA) is 114 Å². The molecule has 1 aliphatic heterocycles. The zero-order valence-electron chi connectivity index (χ0n) is 14.5. The zero-order chi connectivity index (χ0) is 18.8. The van der Waals surface area contributed by atoms with Gasteiger partial charge in [0.1, 0.15) is 0 Å². The summed E-state index contributed by atoms with van der Waals surface area (Å²) in [6, 6.07) is 8.53. The Hall–Kier alpha value is -3.33. The highest BCUT2D eigenvalue weighted by Crippen LogP contribution is 2.15. The Morgan fingerprint density at radius 2 is 1.85 bits per heavy atom. The van der Waals surface area contributed by atoms with E-state index in [-0.39, 0.29) is 24.0 Å². The van der Waals surface area contributed by atoms with Gasteiger partial charge in [0.25, 0.3) is 5.91 Å². The quantitative estimate of drug-likeness (QED) is 0.631. The Morgan fingerprint density at radius 1 is 1.07 bits per heavy atom. The van der Waals surface area contributed by atoms with Crippen LogP contribution in [0.1, 0.15) is 10.6 Å². The van der Waals surface area contributed by atoms with Crippen molar-refractivity contribution >= 4 is 28.5 Å². The summed E-state index contributed by atoms with van der Waals surface area (Å²) in [5, 5.41) is 2.83. The molecule has 1 fully saturated rings. The van der Waals surface area contributed by atoms with Gasteiger partial charge >= 0.3 is 5.69 Å². The lowest BCUT2D eigenvalue weighted by Crippen LogP contribution is -2.50. The number of amides is 2. The second-order valence-corrected chi connectivity index (χ2v) is 6.43. The number of hydrogen-bond donors (Lipinski definition) is 3. The minimum absolute atomic E-state index is 0.127. The number of aromatic amines is 2. The van der Waals surface area contributed by atoms with Crippen molar-refractivity contribution in [3.05, 3.63) is 52.8 Å². The summed E-state index contributed by atoms with van der Waals surface area (Å²) < 4.78 is 5.15. The molecule has 0 saturated carbocycles. The number of anilines is 1. The van der Waals surface area contributed by atoms with Gasteiger partial charge in [-0.25, -0.2) is 4.79 Å². The van der Waals surface area contributed by atoms with Crippen LogP contribution in [0.5, 0.6) is 0 Å². The first-order valence-electron chi connectivity index (χ1n) is 8.65. The number of nitrogens with zero attached hydrogens (tertiary/aromatic N) is 2. The lowest BCUT2D eigenvalue weighted by molar-refractivity contribution is -0.117. The van der Waals surface area contributed by atoms with Crippen LogP contribution in [0.25, 0.3) is 11.0 Å². The maximum absolute atomic E-state index is 12.3. The van der Waals surface area contributed by atoms with Gasteiger partial charge in [0.05, 0.1) is 23.8 Å². The first-order chi connectivity index (χ1) is 13.1. The molecule has 2 amide bonds. The van der Waals surface area contributed by atoms with Gasteiger partial charge < -0.3 is 24.6 Å². The number of carbonyl (C=O) groups is 2. The molecule has 3 N–H and O–H groups in total. The number of furan rings is 1. The van der Waals surface area contributed by atoms with Crippen LogP contribution in [-0.2, 0) is 4.79 Å². The summed E-state index contributed by atoms with van der Waals surface area (Å²) in [5.41, 5.74) is 1.67. The lowest BCUT2D eigenvalue weighted by Gasteiger charge is -2.33. The number of imidazole rings is 1. The first-order valence-corrected chi connectivity index (χ1v) is 8.65. The molecule has 1 aromatic carbocycles. The van der Waals surface area contributed by atoms with E-state index in [1.165, 1.54) is 6.26 Å². The molecule has 1 aliphatic rings. The monoisotopic (exact) mass is 369 g/mol. The van der Waals surface area contributed by atoms with E-state index in [1.54, 1.807) is 35.2 Å². The zero-order valence-corrected chi connectivity index (χ0v) is 14.5. The fourth-order valence-electron chi connectivity index (χ4n) is 3.18. The molecular formula is C18H19N5O4. The third kappa shape index (κ3) is 3.77. The summed E-state index contributed by atoms with van der Waals surface area (Å²) in [6.07, 6.45) is 1.48. The second-order valence-electron chi connectivity index (χ2n) is 6.43. The van der Waals surface area contributed by atoms with E-state index >= 15 is 0 Å². The van der Waals surface area contributed by atoms with Gasteiger partial charge in [-0.2, -0.15) is 0 Å². The van der Waals surface area contributed by atoms with Crippen molar-refractivity contribution in [2.24, 2.45) is 0 Å². The van der Waals surface area contributed by atoms with Gasteiger partial charge in [-0.05, 0) is 30.3 Å². The highest BCUT2D eigenvalue weighted by Gasteiger charge is 2.24. The van der Waals surface area contributed by atoms with Crippen molar-refractivity contribution in [1.82, 2.24) is 19.8 Å². The fourth-order valence-corrected chi connectivity index (χ4v) is 3.18. The molecule has 4 rings (SSSR count). The molecule has 0 atom stereocenters. The van der Waals surface area contributed by atoms with Gasteiger partial charge in [-0.3, -0.25) is 14.5 Å². The van der Waals surface area contributed by atoms with Gasteiger partial charge in [0.15, 0.2) is 5.76 Å². The number of fused-ring (bicyclic) bond motifs is 1. The molecule has 27 heavy (non-hydrogen) atoms. The molecule has 0 bridgehead atoms. The number of nitrogens with one attached hydrogen (secondary N) is 3. The summed E-state index contributed by atoms with van der Waals surface area (Å²) >= 11 is 0. The van der Waals surface area contributed by atoms with Crippen molar-refractivity contribution in [3.63, 3.8) is 0 Å². The van der Waals surface area contributed by atoms with Gasteiger partial charge in [0.2, 0.25) is 5.91 Å². The number of aromatic nitrogens is 2. The molecule has 3 heterocycles. The summed E-state index contributed by atoms with van der Waals surface area (Å²) in [5.74, 6) is 0.0651. The molecule has 140 valence electrons. The predicted molar refractivity (Wildman–Crippen MR) is 98.6 cm³/mol. The highest BCUT2D eigenvalue weighted by atomic mass is 16.3. The van der Waals surface area contributed by atoms with E-state index < -0.39 is 0 Å². The maximum Gasteiger partial charge on any atom is 0.323 e. The van der Waals surface area contributed by atoms with Crippen LogP contribution in [0.3, 0.4) is 0 Å². The van der Waals surface area contributed by atoms with Crippen LogP contribution in [0.4, 0.5) is 5.69 Å². The normalized spacial score (nSPS) is 15.2. The molecule has 0 aliphatic carbocycles. The van der Waals surface area contributed by atoms with Crippen LogP contribution in [-0.4, -0.2) is 64.3 Å². The van der Waals surface area contributed by atoms with Crippen molar-refractivity contribution in [1.29, 1.82) is 0 Å². The fraction of sp³-hybridized carbons (Fsp3) is 0.278. The first kappa shape index (κ1) is 17.1. The number of piperazine rings is 1. The number of carbonyl (C=O) groups excluding carboxylic acids is 2. The van der Waals surface area contributed by atoms with Crippen molar-refractivity contribution in [2.45, 2.75) is 0 Å². The van der Waals surface area contributed by atoms with Crippen LogP contribution in [0.2, 0.25) is 0 Å². The Bertz CT molecular complexity index is 1010. The third-order valence-corrected chi connectivity index (χ3v) is 4.56. The van der Waals surface area contributed by atoms with E-state index in [0.29, 0.717) is 48.7 Å². The van der Waals surface area contributed by atoms with Crippen LogP contribution in [0, 0.1) is 0 Å². The van der Waals surface area contributed by atoms with E-state index in [2.05, 4.69) is 15.3 Å². The Morgan fingerprint density at radius 3 is 2.59 bits per heavy atom. The number of benzene rings is 1. The number of rotatable bonds is 4. The van der Waals surface area contributed by atoms with E-state index in [1.807, 2.05) is 4.90 Å². The molecule has 0 unspecified atom stereocenters. The molecule has 0 spiro atoms. The van der Waals surface area contributed by atoms with Crippen molar-refractivity contribution < 1.29 is 14.0 Å². The van der Waals surface area contributed by atoms with Crippen LogP contribution < -0.4 is 11.0 Å². The Kier molecular flexibility index (Phi) is 4.51. The largest absolute Gasteiger partial charge is 0.459 e. The molecule has 0 radical (unpaired) electrons. The molecular weight excluding hydrogens is 350 g/mol. The third-order valence-electron chi connectivity index (χ3n) is 4.56. The van der Waals surface area contributed by atoms with Gasteiger partial charge in [-0.1, -0.05) is 0 Å². The molecule has 2 aromatic heterocycles. The average molecular weight is 369 g/mol. The van der Waals surface area contributed by atoms with E-state index in [4.69, 9.17) is 4.42 Å². The smallest absolute Gasteiger partial charge is 0.323 e. The Balaban J connectivity index is 1.30. The summed E-state index contributed by atoms with van der Waals surface area (Å²) in [7, 11) is 0. The SMILES string of the molecule is O=C(CN1CCN(C(=O)c2ccco2)CC1)Nc1ccc2[nH]c(=O)[nH]c2c1. The summed E-state index contributed by atoms with van der Waals surface area (Å²) in [4.78, 5) is 44.9. The molecule has 9 nitrogen and oxygen atoms in total. The van der Waals surface area contributed by atoms with Crippen LogP contribution >= 0.6 is 0 Å². The number of H-pyrrole nitrogens is 2. The van der Waals surface area contributed by atoms with Gasteiger partial charge in [0, 0.05) is 31.9 Å². The standard InChI is InChI=1S/C18H19N5O4/c24-16(19-12-3-4-13-14(10-12)21-18(26)20-13)11-22-5-7-23(8-6-22)17(25)15-2-1-9-27-15/h1-4,9-10H,5-8,11H2,(H,19,24)(H2,20,21,26).